The van der Waals surface area contributed by atoms with E-state index in [1.807, 2.05) is 6.92 Å². The Morgan fingerprint density at radius 1 is 1.47 bits per heavy atom. The van der Waals surface area contributed by atoms with Crippen LogP contribution in [0.3, 0.4) is 0 Å². The lowest BCUT2D eigenvalue weighted by Gasteiger charge is -2.18. The van der Waals surface area contributed by atoms with Gasteiger partial charge in [0.25, 0.3) is 0 Å². The first-order chi connectivity index (χ1) is 7.15. The van der Waals surface area contributed by atoms with Gasteiger partial charge in [-0.2, -0.15) is 0 Å². The minimum atomic E-state index is 0.00602. The number of likely N-dealkylation sites (N-methyl/N-ethyl adjacent to an activating group) is 1. The molecule has 3 nitrogen and oxygen atoms in total. The van der Waals surface area contributed by atoms with Gasteiger partial charge in [-0.25, -0.2) is 0 Å². The van der Waals surface area contributed by atoms with Gasteiger partial charge in [0.15, 0.2) is 0 Å². The molecule has 0 aromatic rings. The largest absolute Gasteiger partial charge is 0.329 e. The highest BCUT2D eigenvalue weighted by Gasteiger charge is 2.15. The van der Waals surface area contributed by atoms with Gasteiger partial charge in [-0.3, -0.25) is 4.79 Å². The molecule has 0 aliphatic heterocycles. The van der Waals surface area contributed by atoms with Crippen molar-refractivity contribution in [2.75, 3.05) is 19.3 Å². The number of nitrogens with one attached hydrogen (secondary N) is 1. The number of carbonyl (C=O) groups is 1. The van der Waals surface area contributed by atoms with Crippen molar-refractivity contribution in [3.8, 4) is 0 Å². The SMILES string of the molecule is CCNC(CCC(CN)SSC)C(C)=O. The number of rotatable bonds is 9. The first kappa shape index (κ1) is 15.3. The zero-order valence-corrected chi connectivity index (χ0v) is 11.4. The van der Waals surface area contributed by atoms with E-state index in [0.717, 1.165) is 19.4 Å². The van der Waals surface area contributed by atoms with Crippen molar-refractivity contribution in [3.63, 3.8) is 0 Å². The van der Waals surface area contributed by atoms with Crippen LogP contribution in [-0.2, 0) is 4.79 Å². The lowest BCUT2D eigenvalue weighted by molar-refractivity contribution is -0.119. The predicted octanol–water partition coefficient (Wildman–Crippen LogP) is 1.67. The van der Waals surface area contributed by atoms with E-state index in [9.17, 15) is 4.79 Å². The molecule has 0 spiro atoms. The molecule has 0 saturated carbocycles. The van der Waals surface area contributed by atoms with Crippen LogP contribution in [0.5, 0.6) is 0 Å². The van der Waals surface area contributed by atoms with E-state index in [2.05, 4.69) is 11.6 Å². The van der Waals surface area contributed by atoms with Crippen LogP contribution >= 0.6 is 21.6 Å². The average molecular weight is 250 g/mol. The topological polar surface area (TPSA) is 55.1 Å². The first-order valence-electron chi connectivity index (χ1n) is 5.29. The lowest BCUT2D eigenvalue weighted by atomic mass is 10.1. The molecule has 0 bridgehead atoms. The van der Waals surface area contributed by atoms with Crippen molar-refractivity contribution in [3.05, 3.63) is 0 Å². The Labute approximate surface area is 101 Å². The van der Waals surface area contributed by atoms with Crippen molar-refractivity contribution >= 4 is 27.4 Å². The van der Waals surface area contributed by atoms with Crippen LogP contribution in [0.25, 0.3) is 0 Å². The molecule has 0 aromatic heterocycles. The van der Waals surface area contributed by atoms with Crippen LogP contribution < -0.4 is 11.1 Å². The maximum atomic E-state index is 11.3. The van der Waals surface area contributed by atoms with Gasteiger partial charge in [-0.1, -0.05) is 28.5 Å². The van der Waals surface area contributed by atoms with E-state index in [1.165, 1.54) is 0 Å². The molecule has 0 heterocycles. The van der Waals surface area contributed by atoms with E-state index >= 15 is 0 Å². The third-order valence-corrected chi connectivity index (χ3v) is 4.50. The maximum absolute atomic E-state index is 11.3. The Bertz CT molecular complexity index is 179. The van der Waals surface area contributed by atoms with Crippen molar-refractivity contribution in [1.29, 1.82) is 0 Å². The normalized spacial score (nSPS) is 14.9. The summed E-state index contributed by atoms with van der Waals surface area (Å²) in [7, 11) is 3.54. The van der Waals surface area contributed by atoms with Crippen LogP contribution in [0.4, 0.5) is 0 Å². The molecule has 90 valence electrons. The molecule has 2 unspecified atom stereocenters. The lowest BCUT2D eigenvalue weighted by Crippen LogP contribution is -2.36. The van der Waals surface area contributed by atoms with E-state index in [1.54, 1.807) is 28.5 Å². The molecule has 0 aliphatic carbocycles. The minimum absolute atomic E-state index is 0.00602. The first-order valence-corrected chi connectivity index (χ1v) is 7.91. The molecular weight excluding hydrogens is 228 g/mol. The molecular formula is C10H22N2OS2. The van der Waals surface area contributed by atoms with Gasteiger partial charge >= 0.3 is 0 Å². The molecule has 15 heavy (non-hydrogen) atoms. The number of hydrogen-bond donors (Lipinski definition) is 2. The summed E-state index contributed by atoms with van der Waals surface area (Å²) >= 11 is 0. The summed E-state index contributed by atoms with van der Waals surface area (Å²) in [6.45, 7) is 5.19. The molecule has 0 aliphatic rings. The molecule has 0 saturated heterocycles. The average Bonchev–Trinajstić information content (AvgIpc) is 2.21. The molecule has 2 atom stereocenters. The fourth-order valence-corrected chi connectivity index (χ4v) is 3.31. The molecule has 5 heteroatoms. The van der Waals surface area contributed by atoms with Gasteiger partial charge in [0.2, 0.25) is 0 Å². The standard InChI is InChI=1S/C10H22N2OS2/c1-4-12-10(8(2)13)6-5-9(7-11)15-14-3/h9-10,12H,4-7,11H2,1-3H3. The molecule has 0 aromatic carbocycles. The summed E-state index contributed by atoms with van der Waals surface area (Å²) < 4.78 is 0. The second kappa shape index (κ2) is 9.51. The van der Waals surface area contributed by atoms with E-state index in [4.69, 9.17) is 5.73 Å². The molecule has 0 fully saturated rings. The zero-order valence-electron chi connectivity index (χ0n) is 9.79. The van der Waals surface area contributed by atoms with Crippen molar-refractivity contribution < 1.29 is 4.79 Å². The number of ketones is 1. The third kappa shape index (κ3) is 7.22. The van der Waals surface area contributed by atoms with Crippen molar-refractivity contribution in [2.45, 2.75) is 38.0 Å². The van der Waals surface area contributed by atoms with Gasteiger partial charge in [-0.15, -0.1) is 0 Å². The summed E-state index contributed by atoms with van der Waals surface area (Å²) in [5.74, 6) is 0.224. The van der Waals surface area contributed by atoms with E-state index < -0.39 is 0 Å². The molecule has 0 radical (unpaired) electrons. The minimum Gasteiger partial charge on any atom is -0.329 e. The van der Waals surface area contributed by atoms with Crippen molar-refractivity contribution in [1.82, 2.24) is 5.32 Å². The van der Waals surface area contributed by atoms with Crippen LogP contribution in [0.1, 0.15) is 26.7 Å². The Hall–Kier alpha value is 0.290. The highest BCUT2D eigenvalue weighted by Crippen LogP contribution is 2.26. The van der Waals surface area contributed by atoms with Crippen molar-refractivity contribution in [2.24, 2.45) is 5.73 Å². The van der Waals surface area contributed by atoms with Gasteiger partial charge in [0, 0.05) is 11.8 Å². The second-order valence-corrected chi connectivity index (χ2v) is 6.19. The zero-order chi connectivity index (χ0) is 11.7. The number of carbonyl (C=O) groups excluding carboxylic acids is 1. The quantitative estimate of drug-likeness (QED) is 0.610. The second-order valence-electron chi connectivity index (χ2n) is 3.42. The van der Waals surface area contributed by atoms with Crippen LogP contribution in [0, 0.1) is 0 Å². The Kier molecular flexibility index (Phi) is 9.70. The summed E-state index contributed by atoms with van der Waals surface area (Å²) in [5, 5.41) is 3.66. The number of Topliss-reactive ketones (excluding diaryl/α,β-unsaturated/α-hetero) is 1. The molecule has 0 rings (SSSR count). The highest BCUT2D eigenvalue weighted by atomic mass is 33.1. The number of nitrogens with two attached hydrogens (primary N) is 1. The van der Waals surface area contributed by atoms with Crippen LogP contribution in [-0.4, -0.2) is 36.4 Å². The maximum Gasteiger partial charge on any atom is 0.146 e. The Balaban J connectivity index is 3.90. The smallest absolute Gasteiger partial charge is 0.146 e. The van der Waals surface area contributed by atoms with E-state index in [-0.39, 0.29) is 11.8 Å². The molecule has 0 amide bonds. The summed E-state index contributed by atoms with van der Waals surface area (Å²) in [6, 6.07) is 0.00602. The van der Waals surface area contributed by atoms with Gasteiger partial charge < -0.3 is 11.1 Å². The Morgan fingerprint density at radius 2 is 2.13 bits per heavy atom. The Morgan fingerprint density at radius 3 is 2.53 bits per heavy atom. The summed E-state index contributed by atoms with van der Waals surface area (Å²) in [5.41, 5.74) is 5.66. The molecule has 3 N–H and O–H groups in total. The van der Waals surface area contributed by atoms with Gasteiger partial charge in [-0.05, 0) is 32.6 Å². The third-order valence-electron chi connectivity index (χ3n) is 2.21. The predicted molar refractivity (Wildman–Crippen MR) is 71.3 cm³/mol. The fourth-order valence-electron chi connectivity index (χ4n) is 1.39. The number of hydrogen-bond acceptors (Lipinski definition) is 5. The van der Waals surface area contributed by atoms with Crippen LogP contribution in [0.2, 0.25) is 0 Å². The summed E-state index contributed by atoms with van der Waals surface area (Å²) in [4.78, 5) is 11.3. The van der Waals surface area contributed by atoms with E-state index in [0.29, 0.717) is 11.8 Å². The fraction of sp³-hybridized carbons (Fsp3) is 0.900. The highest BCUT2D eigenvalue weighted by molar-refractivity contribution is 8.76. The van der Waals surface area contributed by atoms with Crippen LogP contribution in [0.15, 0.2) is 0 Å². The summed E-state index contributed by atoms with van der Waals surface area (Å²) in [6.07, 6.45) is 3.94. The van der Waals surface area contributed by atoms with Gasteiger partial charge in [0.1, 0.15) is 5.78 Å². The monoisotopic (exact) mass is 250 g/mol. The van der Waals surface area contributed by atoms with Gasteiger partial charge in [0.05, 0.1) is 6.04 Å².